The van der Waals surface area contributed by atoms with Crippen molar-refractivity contribution in [3.05, 3.63) is 58.6 Å². The largest absolute Gasteiger partial charge is 0.460 e. The first kappa shape index (κ1) is 23.3. The van der Waals surface area contributed by atoms with Gasteiger partial charge >= 0.3 is 0 Å². The first-order chi connectivity index (χ1) is 16.3. The van der Waals surface area contributed by atoms with E-state index in [1.54, 1.807) is 43.3 Å². The van der Waals surface area contributed by atoms with Crippen molar-refractivity contribution >= 4 is 34.8 Å². The maximum absolute atomic E-state index is 13.1. The zero-order valence-electron chi connectivity index (χ0n) is 19.6. The Morgan fingerprint density at radius 3 is 2.76 bits per heavy atom. The van der Waals surface area contributed by atoms with Crippen LogP contribution in [0.5, 0.6) is 5.75 Å². The Bertz CT molecular complexity index is 1300. The van der Waals surface area contributed by atoms with Crippen LogP contribution >= 0.6 is 0 Å². The summed E-state index contributed by atoms with van der Waals surface area (Å²) in [6, 6.07) is 4.91. The minimum atomic E-state index is -0.525. The number of aliphatic hydroxyl groups is 1. The van der Waals surface area contributed by atoms with Gasteiger partial charge in [-0.05, 0) is 44.9 Å². The van der Waals surface area contributed by atoms with Crippen molar-refractivity contribution in [2.45, 2.75) is 39.3 Å². The lowest BCUT2D eigenvalue weighted by atomic mass is 10.1. The van der Waals surface area contributed by atoms with E-state index in [1.807, 2.05) is 13.8 Å². The van der Waals surface area contributed by atoms with Crippen LogP contribution in [0, 0.1) is 19.3 Å². The van der Waals surface area contributed by atoms with E-state index in [9.17, 15) is 14.7 Å². The number of nitrogens with one attached hydrogen (secondary N) is 3. The third-order valence-corrected chi connectivity index (χ3v) is 6.35. The normalized spacial score (nSPS) is 18.4. The minimum absolute atomic E-state index is 0.160. The van der Waals surface area contributed by atoms with Crippen LogP contribution in [0.2, 0.25) is 0 Å². The number of aromatic nitrogens is 1. The zero-order valence-corrected chi connectivity index (χ0v) is 19.6. The number of hydrogen-bond donors (Lipinski definition) is 4. The van der Waals surface area contributed by atoms with Crippen LogP contribution in [-0.4, -0.2) is 58.8 Å². The molecule has 0 saturated carbocycles. The summed E-state index contributed by atoms with van der Waals surface area (Å²) in [7, 11) is 1.57. The van der Waals surface area contributed by atoms with Crippen molar-refractivity contribution in [2.75, 3.05) is 13.6 Å². The standard InChI is InChI=1S/C25H28N4O5/c1-13-18(25(32)29-10-8-19(30)14(29)2)12-28-23(13)20(7-9-26)34-16-5-6-17-21(11-16)33-15(3)22(17)24(31)27-4/h5-7,9,11-12,14,19,26,28,30H,8,10H2,1-4H3,(H,27,31)/b20-7+,26-9?. The molecule has 3 aromatic rings. The van der Waals surface area contributed by atoms with Gasteiger partial charge in [0.1, 0.15) is 17.1 Å². The number of hydrogen-bond acceptors (Lipinski definition) is 6. The molecular formula is C25H28N4O5. The average molecular weight is 465 g/mol. The molecule has 178 valence electrons. The number of carbonyl (C=O) groups is 2. The highest BCUT2D eigenvalue weighted by Crippen LogP contribution is 2.32. The maximum atomic E-state index is 13.1. The molecule has 3 heterocycles. The Balaban J connectivity index is 1.63. The number of carbonyl (C=O) groups excluding carboxylic acids is 2. The highest BCUT2D eigenvalue weighted by Gasteiger charge is 2.34. The number of rotatable bonds is 6. The Morgan fingerprint density at radius 1 is 1.35 bits per heavy atom. The molecule has 2 amide bonds. The summed E-state index contributed by atoms with van der Waals surface area (Å²) >= 11 is 0. The molecule has 9 heteroatoms. The number of benzene rings is 1. The summed E-state index contributed by atoms with van der Waals surface area (Å²) in [5.41, 5.74) is 2.72. The van der Waals surface area contributed by atoms with Gasteiger partial charge in [-0.2, -0.15) is 0 Å². The van der Waals surface area contributed by atoms with Gasteiger partial charge in [-0.15, -0.1) is 0 Å². The van der Waals surface area contributed by atoms with Crippen molar-refractivity contribution < 1.29 is 23.8 Å². The summed E-state index contributed by atoms with van der Waals surface area (Å²) in [6.45, 7) is 5.88. The van der Waals surface area contributed by atoms with Gasteiger partial charge in [-0.3, -0.25) is 9.59 Å². The third-order valence-electron chi connectivity index (χ3n) is 6.35. The summed E-state index contributed by atoms with van der Waals surface area (Å²) in [6.07, 6.45) is 4.25. The SMILES string of the molecule is CNC(=O)c1c(C)oc2cc(O/C(=C/C=N)c3[nH]cc(C(=O)N4CCC(O)C4C)c3C)ccc12. The van der Waals surface area contributed by atoms with Gasteiger partial charge < -0.3 is 34.9 Å². The molecule has 2 unspecified atom stereocenters. The van der Waals surface area contributed by atoms with Crippen molar-refractivity contribution in [1.82, 2.24) is 15.2 Å². The Kier molecular flexibility index (Phi) is 6.30. The van der Waals surface area contributed by atoms with E-state index < -0.39 is 6.10 Å². The van der Waals surface area contributed by atoms with Crippen LogP contribution in [0.3, 0.4) is 0 Å². The highest BCUT2D eigenvalue weighted by molar-refractivity contribution is 6.07. The molecule has 1 fully saturated rings. The van der Waals surface area contributed by atoms with E-state index in [1.165, 1.54) is 6.08 Å². The van der Waals surface area contributed by atoms with E-state index in [2.05, 4.69) is 10.3 Å². The lowest BCUT2D eigenvalue weighted by molar-refractivity contribution is 0.0666. The Morgan fingerprint density at radius 2 is 2.12 bits per heavy atom. The number of amides is 2. The number of aromatic amines is 1. The molecule has 4 N–H and O–H groups in total. The monoisotopic (exact) mass is 464 g/mol. The topological polar surface area (TPSA) is 132 Å². The molecule has 0 aliphatic carbocycles. The second kappa shape index (κ2) is 9.18. The fourth-order valence-corrected chi connectivity index (χ4v) is 4.38. The van der Waals surface area contributed by atoms with E-state index in [0.717, 1.165) is 6.21 Å². The van der Waals surface area contributed by atoms with Crippen molar-refractivity contribution in [3.8, 4) is 5.75 Å². The van der Waals surface area contributed by atoms with Crippen molar-refractivity contribution in [3.63, 3.8) is 0 Å². The molecule has 0 bridgehead atoms. The fraction of sp³-hybridized carbons (Fsp3) is 0.320. The quantitative estimate of drug-likeness (QED) is 0.328. The van der Waals surface area contributed by atoms with Crippen LogP contribution in [-0.2, 0) is 0 Å². The van der Waals surface area contributed by atoms with Crippen LogP contribution < -0.4 is 10.1 Å². The van der Waals surface area contributed by atoms with Gasteiger partial charge in [-0.1, -0.05) is 0 Å². The van der Waals surface area contributed by atoms with Crippen LogP contribution in [0.1, 0.15) is 51.1 Å². The van der Waals surface area contributed by atoms with Crippen molar-refractivity contribution in [2.24, 2.45) is 0 Å². The number of allylic oxidation sites excluding steroid dienone is 1. The molecular weight excluding hydrogens is 436 g/mol. The lowest BCUT2D eigenvalue weighted by Crippen LogP contribution is -2.37. The summed E-state index contributed by atoms with van der Waals surface area (Å²) in [5.74, 6) is 0.929. The second-order valence-electron chi connectivity index (χ2n) is 8.37. The summed E-state index contributed by atoms with van der Waals surface area (Å²) in [4.78, 5) is 30.0. The molecule has 34 heavy (non-hydrogen) atoms. The number of fused-ring (bicyclic) bond motifs is 1. The summed E-state index contributed by atoms with van der Waals surface area (Å²) < 4.78 is 11.8. The van der Waals surface area contributed by atoms with Crippen LogP contribution in [0.15, 0.2) is 34.9 Å². The Labute approximate surface area is 196 Å². The number of furan rings is 1. The molecule has 1 saturated heterocycles. The van der Waals surface area contributed by atoms with Gasteiger partial charge in [-0.25, -0.2) is 0 Å². The molecule has 9 nitrogen and oxygen atoms in total. The van der Waals surface area contributed by atoms with E-state index >= 15 is 0 Å². The lowest BCUT2D eigenvalue weighted by Gasteiger charge is -2.22. The molecule has 0 radical (unpaired) electrons. The maximum Gasteiger partial charge on any atom is 0.256 e. The second-order valence-corrected chi connectivity index (χ2v) is 8.37. The molecule has 0 spiro atoms. The van der Waals surface area contributed by atoms with Gasteiger partial charge in [0, 0.05) is 43.5 Å². The predicted molar refractivity (Wildman–Crippen MR) is 128 cm³/mol. The molecule has 1 aromatic carbocycles. The average Bonchev–Trinajstić information content (AvgIpc) is 3.46. The fourth-order valence-electron chi connectivity index (χ4n) is 4.38. The summed E-state index contributed by atoms with van der Waals surface area (Å²) in [5, 5.41) is 20.9. The van der Waals surface area contributed by atoms with E-state index in [4.69, 9.17) is 14.6 Å². The van der Waals surface area contributed by atoms with Gasteiger partial charge in [0.15, 0.2) is 5.76 Å². The number of ether oxygens (including phenoxy) is 1. The smallest absolute Gasteiger partial charge is 0.256 e. The third kappa shape index (κ3) is 3.99. The van der Waals surface area contributed by atoms with Crippen molar-refractivity contribution in [1.29, 1.82) is 5.41 Å². The number of likely N-dealkylation sites (tertiary alicyclic amines) is 1. The van der Waals surface area contributed by atoms with Gasteiger partial charge in [0.2, 0.25) is 0 Å². The molecule has 1 aliphatic rings. The zero-order chi connectivity index (χ0) is 24.6. The molecule has 4 rings (SSSR count). The van der Waals surface area contributed by atoms with E-state index in [-0.39, 0.29) is 17.9 Å². The van der Waals surface area contributed by atoms with Crippen LogP contribution in [0.4, 0.5) is 0 Å². The Hall–Kier alpha value is -3.85. The van der Waals surface area contributed by atoms with Crippen LogP contribution in [0.25, 0.3) is 16.7 Å². The first-order valence-electron chi connectivity index (χ1n) is 11.1. The highest BCUT2D eigenvalue weighted by atomic mass is 16.5. The molecule has 2 aromatic heterocycles. The molecule has 2 atom stereocenters. The number of aryl methyl sites for hydroxylation is 1. The number of H-pyrrole nitrogens is 1. The number of nitrogens with zero attached hydrogens (tertiary/aromatic N) is 1. The number of aliphatic hydroxyl groups excluding tert-OH is 1. The predicted octanol–water partition coefficient (Wildman–Crippen LogP) is 3.40. The van der Waals surface area contributed by atoms with Gasteiger partial charge in [0.25, 0.3) is 11.8 Å². The van der Waals surface area contributed by atoms with E-state index in [0.29, 0.717) is 63.6 Å². The van der Waals surface area contributed by atoms with Gasteiger partial charge in [0.05, 0.1) is 29.0 Å². The minimum Gasteiger partial charge on any atom is -0.460 e. The first-order valence-corrected chi connectivity index (χ1v) is 11.1. The molecule has 1 aliphatic heterocycles.